The van der Waals surface area contributed by atoms with Gasteiger partial charge in [0.05, 0.1) is 11.3 Å². The van der Waals surface area contributed by atoms with Crippen LogP contribution in [-0.2, 0) is 0 Å². The number of rotatable bonds is 5. The molecular weight excluding hydrogens is 292 g/mol. The number of para-hydroxylation sites is 1. The third-order valence-electron chi connectivity index (χ3n) is 3.32. The Kier molecular flexibility index (Phi) is 4.39. The quantitative estimate of drug-likeness (QED) is 0.515. The number of benzene rings is 2. The van der Waals surface area contributed by atoms with Crippen molar-refractivity contribution < 1.29 is 4.79 Å². The fourth-order valence-electron chi connectivity index (χ4n) is 2.35. The zero-order valence-electron chi connectivity index (χ0n) is 12.3. The molecule has 0 saturated carbocycles. The summed E-state index contributed by atoms with van der Waals surface area (Å²) in [5.74, 6) is 0.883. The molecule has 0 fully saturated rings. The number of hydrogen-bond acceptors (Lipinski definition) is 3. The maximum absolute atomic E-state index is 11.7. The van der Waals surface area contributed by atoms with Crippen LogP contribution in [0.15, 0.2) is 65.7 Å². The number of aromatic nitrogens is 2. The summed E-state index contributed by atoms with van der Waals surface area (Å²) in [7, 11) is 0. The van der Waals surface area contributed by atoms with E-state index in [1.54, 1.807) is 11.8 Å². The van der Waals surface area contributed by atoms with Crippen LogP contribution in [0.4, 0.5) is 0 Å². The van der Waals surface area contributed by atoms with Gasteiger partial charge in [0.15, 0.2) is 6.29 Å². The molecule has 0 bridgehead atoms. The van der Waals surface area contributed by atoms with Crippen molar-refractivity contribution in [2.45, 2.75) is 11.9 Å². The first-order valence-electron chi connectivity index (χ1n) is 7.17. The van der Waals surface area contributed by atoms with Crippen LogP contribution in [0.25, 0.3) is 16.9 Å². The predicted octanol–water partition coefficient (Wildman–Crippen LogP) is 4.46. The predicted molar refractivity (Wildman–Crippen MR) is 90.8 cm³/mol. The van der Waals surface area contributed by atoms with Gasteiger partial charge in [0.2, 0.25) is 0 Å². The van der Waals surface area contributed by atoms with Gasteiger partial charge in [-0.3, -0.25) is 4.79 Å². The van der Waals surface area contributed by atoms with E-state index in [0.29, 0.717) is 5.56 Å². The molecule has 1 heterocycles. The number of nitrogens with zero attached hydrogens (tertiary/aromatic N) is 2. The number of thioether (sulfide) groups is 1. The van der Waals surface area contributed by atoms with Gasteiger partial charge in [-0.2, -0.15) is 5.10 Å². The van der Waals surface area contributed by atoms with Gasteiger partial charge in [0.25, 0.3) is 0 Å². The molecule has 4 heteroatoms. The monoisotopic (exact) mass is 308 g/mol. The molecule has 110 valence electrons. The molecule has 0 unspecified atom stereocenters. The van der Waals surface area contributed by atoms with E-state index in [1.807, 2.05) is 65.3 Å². The lowest BCUT2D eigenvalue weighted by Gasteiger charge is -2.06. The van der Waals surface area contributed by atoms with Crippen molar-refractivity contribution in [1.82, 2.24) is 9.78 Å². The summed E-state index contributed by atoms with van der Waals surface area (Å²) in [6.07, 6.45) is 0.909. The Morgan fingerprint density at radius 1 is 1.05 bits per heavy atom. The number of carbonyl (C=O) groups excluding carboxylic acids is 1. The second kappa shape index (κ2) is 6.62. The molecule has 0 aliphatic rings. The number of aldehydes is 1. The summed E-state index contributed by atoms with van der Waals surface area (Å²) in [5, 5.41) is 5.60. The Morgan fingerprint density at radius 3 is 2.27 bits per heavy atom. The molecule has 3 rings (SSSR count). The lowest BCUT2D eigenvalue weighted by molar-refractivity contribution is 0.112. The molecule has 3 aromatic rings. The molecule has 0 amide bonds. The average Bonchev–Trinajstić information content (AvgIpc) is 2.95. The molecule has 0 atom stereocenters. The fourth-order valence-corrected chi connectivity index (χ4v) is 3.19. The SMILES string of the molecule is CCSc1c(C=O)c(-c2ccccc2)nn1-c1ccccc1. The second-order valence-electron chi connectivity index (χ2n) is 4.73. The highest BCUT2D eigenvalue weighted by molar-refractivity contribution is 7.99. The lowest BCUT2D eigenvalue weighted by Crippen LogP contribution is -1.98. The number of carbonyl (C=O) groups is 1. The van der Waals surface area contributed by atoms with Crippen LogP contribution in [0.2, 0.25) is 0 Å². The van der Waals surface area contributed by atoms with Crippen molar-refractivity contribution in [2.24, 2.45) is 0 Å². The maximum Gasteiger partial charge on any atom is 0.155 e. The van der Waals surface area contributed by atoms with Crippen molar-refractivity contribution in [3.8, 4) is 16.9 Å². The van der Waals surface area contributed by atoms with E-state index >= 15 is 0 Å². The topological polar surface area (TPSA) is 34.9 Å². The van der Waals surface area contributed by atoms with Crippen molar-refractivity contribution in [3.63, 3.8) is 0 Å². The van der Waals surface area contributed by atoms with E-state index in [4.69, 9.17) is 5.10 Å². The number of hydrogen-bond donors (Lipinski definition) is 0. The minimum atomic E-state index is 0.655. The van der Waals surface area contributed by atoms with E-state index in [1.165, 1.54) is 0 Å². The molecule has 2 aromatic carbocycles. The third kappa shape index (κ3) is 2.70. The average molecular weight is 308 g/mol. The smallest absolute Gasteiger partial charge is 0.155 e. The largest absolute Gasteiger partial charge is 0.298 e. The Labute approximate surface area is 134 Å². The highest BCUT2D eigenvalue weighted by Crippen LogP contribution is 2.32. The molecule has 3 nitrogen and oxygen atoms in total. The summed E-state index contributed by atoms with van der Waals surface area (Å²) in [4.78, 5) is 11.7. The molecule has 0 radical (unpaired) electrons. The molecule has 0 saturated heterocycles. The van der Waals surface area contributed by atoms with E-state index in [2.05, 4.69) is 6.92 Å². The minimum absolute atomic E-state index is 0.655. The zero-order chi connectivity index (χ0) is 15.4. The lowest BCUT2D eigenvalue weighted by atomic mass is 10.1. The molecule has 22 heavy (non-hydrogen) atoms. The van der Waals surface area contributed by atoms with Gasteiger partial charge in [-0.15, -0.1) is 11.8 Å². The molecular formula is C18H16N2OS. The molecule has 0 aliphatic heterocycles. The normalized spacial score (nSPS) is 10.6. The summed E-state index contributed by atoms with van der Waals surface area (Å²) < 4.78 is 1.86. The van der Waals surface area contributed by atoms with E-state index in [-0.39, 0.29) is 0 Å². The van der Waals surface area contributed by atoms with E-state index in [9.17, 15) is 4.79 Å². The van der Waals surface area contributed by atoms with E-state index in [0.717, 1.165) is 34.0 Å². The zero-order valence-corrected chi connectivity index (χ0v) is 13.1. The maximum atomic E-state index is 11.7. The first kappa shape index (κ1) is 14.6. The van der Waals surface area contributed by atoms with Crippen LogP contribution >= 0.6 is 11.8 Å². The Hall–Kier alpha value is -2.33. The van der Waals surface area contributed by atoms with Crippen LogP contribution in [0, 0.1) is 0 Å². The fraction of sp³-hybridized carbons (Fsp3) is 0.111. The van der Waals surface area contributed by atoms with Gasteiger partial charge < -0.3 is 0 Å². The van der Waals surface area contributed by atoms with Crippen molar-refractivity contribution in [3.05, 3.63) is 66.2 Å². The van der Waals surface area contributed by atoms with Crippen LogP contribution in [0.5, 0.6) is 0 Å². The first-order chi connectivity index (χ1) is 10.8. The first-order valence-corrected chi connectivity index (χ1v) is 8.15. The van der Waals surface area contributed by atoms with E-state index < -0.39 is 0 Å². The van der Waals surface area contributed by atoms with Crippen LogP contribution in [0.1, 0.15) is 17.3 Å². The molecule has 0 aliphatic carbocycles. The Balaban J connectivity index is 2.22. The van der Waals surface area contributed by atoms with Gasteiger partial charge in [0.1, 0.15) is 10.7 Å². The van der Waals surface area contributed by atoms with Gasteiger partial charge in [-0.25, -0.2) is 4.68 Å². The van der Waals surface area contributed by atoms with Crippen molar-refractivity contribution >= 4 is 18.0 Å². The highest BCUT2D eigenvalue weighted by atomic mass is 32.2. The van der Waals surface area contributed by atoms with Gasteiger partial charge in [-0.05, 0) is 17.9 Å². The summed E-state index contributed by atoms with van der Waals surface area (Å²) in [5.41, 5.74) is 3.30. The standard InChI is InChI=1S/C18H16N2OS/c1-2-22-18-16(13-21)17(14-9-5-3-6-10-14)19-20(18)15-11-7-4-8-12-15/h3-13H,2H2,1H3. The van der Waals surface area contributed by atoms with Crippen LogP contribution < -0.4 is 0 Å². The Morgan fingerprint density at radius 2 is 1.68 bits per heavy atom. The van der Waals surface area contributed by atoms with Crippen LogP contribution in [0.3, 0.4) is 0 Å². The molecule has 1 aromatic heterocycles. The Bertz CT molecular complexity index is 767. The molecule has 0 spiro atoms. The van der Waals surface area contributed by atoms with Crippen molar-refractivity contribution in [2.75, 3.05) is 5.75 Å². The third-order valence-corrected chi connectivity index (χ3v) is 4.28. The van der Waals surface area contributed by atoms with Gasteiger partial charge in [-0.1, -0.05) is 55.5 Å². The second-order valence-corrected chi connectivity index (χ2v) is 5.98. The van der Waals surface area contributed by atoms with Gasteiger partial charge >= 0.3 is 0 Å². The minimum Gasteiger partial charge on any atom is -0.298 e. The van der Waals surface area contributed by atoms with Gasteiger partial charge in [0, 0.05) is 5.56 Å². The summed E-state index contributed by atoms with van der Waals surface area (Å²) in [6.45, 7) is 2.07. The summed E-state index contributed by atoms with van der Waals surface area (Å²) >= 11 is 1.63. The van der Waals surface area contributed by atoms with Crippen molar-refractivity contribution in [1.29, 1.82) is 0 Å². The van der Waals surface area contributed by atoms with Crippen LogP contribution in [-0.4, -0.2) is 21.8 Å². The summed E-state index contributed by atoms with van der Waals surface area (Å²) in [6, 6.07) is 19.7. The highest BCUT2D eigenvalue weighted by Gasteiger charge is 2.19. The molecule has 0 N–H and O–H groups in total.